The summed E-state index contributed by atoms with van der Waals surface area (Å²) in [5, 5.41) is 0. The van der Waals surface area contributed by atoms with E-state index in [1.807, 2.05) is 6.07 Å². The van der Waals surface area contributed by atoms with Gasteiger partial charge in [-0.15, -0.1) is 5.54 Å². The second-order valence-electron chi connectivity index (χ2n) is 5.18. The average molecular weight is 260 g/mol. The predicted octanol–water partition coefficient (Wildman–Crippen LogP) is 2.50. The van der Waals surface area contributed by atoms with Gasteiger partial charge in [-0.05, 0) is 12.1 Å². The van der Waals surface area contributed by atoms with Gasteiger partial charge in [0.25, 0.3) is 0 Å². The van der Waals surface area contributed by atoms with Crippen molar-refractivity contribution < 1.29 is 14.3 Å². The van der Waals surface area contributed by atoms with E-state index in [1.165, 1.54) is 0 Å². The third kappa shape index (κ3) is 2.74. The monoisotopic (exact) mass is 260 g/mol. The summed E-state index contributed by atoms with van der Waals surface area (Å²) in [6, 6.07) is 3.55. The molecule has 0 spiro atoms. The Kier molecular flexibility index (Phi) is 3.44. The van der Waals surface area contributed by atoms with Crippen LogP contribution in [0.1, 0.15) is 15.9 Å². The summed E-state index contributed by atoms with van der Waals surface area (Å²) >= 11 is 0. The Morgan fingerprint density at radius 2 is 1.83 bits per heavy atom. The average Bonchev–Trinajstić information content (AvgIpc) is 2.35. The SMILES string of the molecule is C[Si](C)(C)C#Cc1ccc(C=O)c2c1OCCO2. The molecular formula is C14H16O3Si. The van der Waals surface area contributed by atoms with Gasteiger partial charge in [0.1, 0.15) is 21.3 Å². The molecule has 0 aromatic heterocycles. The Morgan fingerprint density at radius 3 is 2.44 bits per heavy atom. The molecular weight excluding hydrogens is 244 g/mol. The summed E-state index contributed by atoms with van der Waals surface area (Å²) in [7, 11) is -1.43. The fourth-order valence-corrected chi connectivity index (χ4v) is 2.11. The van der Waals surface area contributed by atoms with Crippen LogP contribution in [0.3, 0.4) is 0 Å². The van der Waals surface area contributed by atoms with E-state index in [4.69, 9.17) is 9.47 Å². The van der Waals surface area contributed by atoms with Crippen LogP contribution in [0.25, 0.3) is 0 Å². The molecule has 1 aliphatic heterocycles. The van der Waals surface area contributed by atoms with E-state index < -0.39 is 8.07 Å². The third-order valence-electron chi connectivity index (χ3n) is 2.42. The van der Waals surface area contributed by atoms with Crippen molar-refractivity contribution in [1.29, 1.82) is 0 Å². The lowest BCUT2D eigenvalue weighted by molar-refractivity contribution is 0.111. The Morgan fingerprint density at radius 1 is 1.17 bits per heavy atom. The number of aldehydes is 1. The zero-order chi connectivity index (χ0) is 13.2. The Balaban J connectivity index is 2.49. The molecule has 3 nitrogen and oxygen atoms in total. The molecule has 1 heterocycles. The molecule has 0 saturated heterocycles. The van der Waals surface area contributed by atoms with Gasteiger partial charge in [-0.1, -0.05) is 25.6 Å². The largest absolute Gasteiger partial charge is 0.485 e. The molecule has 0 fully saturated rings. The third-order valence-corrected chi connectivity index (χ3v) is 3.29. The van der Waals surface area contributed by atoms with E-state index >= 15 is 0 Å². The number of benzene rings is 1. The van der Waals surface area contributed by atoms with E-state index in [9.17, 15) is 4.79 Å². The van der Waals surface area contributed by atoms with Gasteiger partial charge < -0.3 is 9.47 Å². The van der Waals surface area contributed by atoms with Crippen molar-refractivity contribution >= 4 is 14.4 Å². The Bertz CT molecular complexity index is 532. The van der Waals surface area contributed by atoms with E-state index in [1.54, 1.807) is 6.07 Å². The van der Waals surface area contributed by atoms with Crippen molar-refractivity contribution in [3.63, 3.8) is 0 Å². The fourth-order valence-electron chi connectivity index (χ4n) is 1.60. The first-order valence-corrected chi connectivity index (χ1v) is 9.42. The summed E-state index contributed by atoms with van der Waals surface area (Å²) in [5.74, 6) is 4.29. The van der Waals surface area contributed by atoms with Crippen LogP contribution in [-0.2, 0) is 0 Å². The van der Waals surface area contributed by atoms with Gasteiger partial charge in [-0.25, -0.2) is 0 Å². The standard InChI is InChI=1S/C14H16O3Si/c1-18(2,3)9-6-11-4-5-12(10-15)14-13(11)16-7-8-17-14/h4-5,10H,7-8H2,1-3H3. The molecule has 0 N–H and O–H groups in total. The molecule has 2 rings (SSSR count). The molecule has 0 saturated carbocycles. The maximum Gasteiger partial charge on any atom is 0.177 e. The normalized spacial score (nSPS) is 13.5. The van der Waals surface area contributed by atoms with Crippen LogP contribution in [0.15, 0.2) is 12.1 Å². The molecule has 1 aromatic carbocycles. The highest BCUT2D eigenvalue weighted by molar-refractivity contribution is 6.83. The lowest BCUT2D eigenvalue weighted by atomic mass is 10.1. The van der Waals surface area contributed by atoms with Crippen LogP contribution in [0.5, 0.6) is 11.5 Å². The fraction of sp³-hybridized carbons (Fsp3) is 0.357. The molecule has 0 amide bonds. The number of hydrogen-bond acceptors (Lipinski definition) is 3. The Hall–Kier alpha value is -1.73. The molecule has 4 heteroatoms. The second-order valence-corrected chi connectivity index (χ2v) is 9.93. The number of hydrogen-bond donors (Lipinski definition) is 0. The summed E-state index contributed by atoms with van der Waals surface area (Å²) in [6.45, 7) is 7.52. The van der Waals surface area contributed by atoms with Crippen LogP contribution in [0.4, 0.5) is 0 Å². The van der Waals surface area contributed by atoms with E-state index in [-0.39, 0.29) is 0 Å². The van der Waals surface area contributed by atoms with Gasteiger partial charge in [0.05, 0.1) is 11.1 Å². The highest BCUT2D eigenvalue weighted by Crippen LogP contribution is 2.36. The molecule has 0 unspecified atom stereocenters. The number of carbonyl (C=O) groups is 1. The zero-order valence-corrected chi connectivity index (χ0v) is 11.9. The van der Waals surface area contributed by atoms with Gasteiger partial charge in [-0.3, -0.25) is 4.79 Å². The van der Waals surface area contributed by atoms with Crippen LogP contribution >= 0.6 is 0 Å². The summed E-state index contributed by atoms with van der Waals surface area (Å²) in [4.78, 5) is 10.9. The number of carbonyl (C=O) groups excluding carboxylic acids is 1. The Labute approximate surface area is 108 Å². The van der Waals surface area contributed by atoms with Crippen molar-refractivity contribution in [1.82, 2.24) is 0 Å². The summed E-state index contributed by atoms with van der Waals surface area (Å²) in [5.41, 5.74) is 4.61. The smallest absolute Gasteiger partial charge is 0.177 e. The van der Waals surface area contributed by atoms with Crippen molar-refractivity contribution in [2.45, 2.75) is 19.6 Å². The second kappa shape index (κ2) is 4.87. The molecule has 94 valence electrons. The number of fused-ring (bicyclic) bond motifs is 1. The van der Waals surface area contributed by atoms with Gasteiger partial charge in [0.15, 0.2) is 17.8 Å². The van der Waals surface area contributed by atoms with Crippen LogP contribution < -0.4 is 9.47 Å². The number of rotatable bonds is 1. The first kappa shape index (κ1) is 12.7. The minimum atomic E-state index is -1.43. The lowest BCUT2D eigenvalue weighted by Crippen LogP contribution is -2.18. The first-order valence-electron chi connectivity index (χ1n) is 5.92. The molecule has 0 bridgehead atoms. The van der Waals surface area contributed by atoms with Crippen molar-refractivity contribution in [2.24, 2.45) is 0 Å². The zero-order valence-electron chi connectivity index (χ0n) is 10.9. The van der Waals surface area contributed by atoms with Gasteiger partial charge in [0.2, 0.25) is 0 Å². The highest BCUT2D eigenvalue weighted by Gasteiger charge is 2.19. The molecule has 1 aliphatic rings. The number of ether oxygens (including phenoxy) is 2. The van der Waals surface area contributed by atoms with Crippen LogP contribution in [-0.4, -0.2) is 27.6 Å². The van der Waals surface area contributed by atoms with Crippen molar-refractivity contribution in [2.75, 3.05) is 13.2 Å². The topological polar surface area (TPSA) is 35.5 Å². The van der Waals surface area contributed by atoms with E-state index in [0.29, 0.717) is 30.3 Å². The van der Waals surface area contributed by atoms with Gasteiger partial charge in [-0.2, -0.15) is 0 Å². The first-order chi connectivity index (χ1) is 8.51. The van der Waals surface area contributed by atoms with E-state index in [2.05, 4.69) is 31.1 Å². The minimum Gasteiger partial charge on any atom is -0.485 e. The maximum absolute atomic E-state index is 10.9. The van der Waals surface area contributed by atoms with Crippen molar-refractivity contribution in [3.05, 3.63) is 23.3 Å². The van der Waals surface area contributed by atoms with Crippen LogP contribution in [0, 0.1) is 11.5 Å². The molecule has 0 aliphatic carbocycles. The highest BCUT2D eigenvalue weighted by atomic mass is 28.3. The van der Waals surface area contributed by atoms with E-state index in [0.717, 1.165) is 11.8 Å². The van der Waals surface area contributed by atoms with Crippen LogP contribution in [0.2, 0.25) is 19.6 Å². The minimum absolute atomic E-state index is 0.471. The van der Waals surface area contributed by atoms with Gasteiger partial charge in [0, 0.05) is 0 Å². The maximum atomic E-state index is 10.9. The van der Waals surface area contributed by atoms with Crippen molar-refractivity contribution in [3.8, 4) is 23.0 Å². The molecule has 1 aromatic rings. The van der Waals surface area contributed by atoms with Gasteiger partial charge >= 0.3 is 0 Å². The summed E-state index contributed by atoms with van der Waals surface area (Å²) in [6.07, 6.45) is 0.781. The lowest BCUT2D eigenvalue weighted by Gasteiger charge is -2.20. The predicted molar refractivity (Wildman–Crippen MR) is 73.0 cm³/mol. The molecule has 18 heavy (non-hydrogen) atoms. The molecule has 0 atom stereocenters. The quantitative estimate of drug-likeness (QED) is 0.442. The summed E-state index contributed by atoms with van der Waals surface area (Å²) < 4.78 is 11.1. The molecule has 0 radical (unpaired) electrons.